The first-order valence-corrected chi connectivity index (χ1v) is 9.21. The number of phenols is 1. The van der Waals surface area contributed by atoms with Gasteiger partial charge in [0.05, 0.1) is 0 Å². The van der Waals surface area contributed by atoms with E-state index in [0.29, 0.717) is 11.3 Å². The summed E-state index contributed by atoms with van der Waals surface area (Å²) in [5.41, 5.74) is 4.12. The van der Waals surface area contributed by atoms with Crippen LogP contribution >= 0.6 is 0 Å². The van der Waals surface area contributed by atoms with Gasteiger partial charge in [0.15, 0.2) is 11.5 Å². The van der Waals surface area contributed by atoms with Gasteiger partial charge in [0.25, 0.3) is 0 Å². The van der Waals surface area contributed by atoms with E-state index in [0.717, 1.165) is 23.4 Å². The predicted octanol–water partition coefficient (Wildman–Crippen LogP) is 6.53. The molecule has 142 valence electrons. The van der Waals surface area contributed by atoms with Crippen molar-refractivity contribution < 1.29 is 9.52 Å². The summed E-state index contributed by atoms with van der Waals surface area (Å²) in [7, 11) is 0. The fourth-order valence-electron chi connectivity index (χ4n) is 2.09. The number of nitrogens with zero attached hydrogens (tertiary/aromatic N) is 1. The maximum absolute atomic E-state index is 9.14. The van der Waals surface area contributed by atoms with E-state index < -0.39 is 0 Å². The van der Waals surface area contributed by atoms with E-state index in [1.165, 1.54) is 5.56 Å². The largest absolute Gasteiger partial charge is 0.507 e. The molecule has 0 unspecified atom stereocenters. The molecule has 0 bridgehead atoms. The summed E-state index contributed by atoms with van der Waals surface area (Å²) in [5.74, 6) is 0.910. The van der Waals surface area contributed by atoms with E-state index in [9.17, 15) is 0 Å². The summed E-state index contributed by atoms with van der Waals surface area (Å²) in [6.45, 7) is 13.6. The second-order valence-corrected chi connectivity index (χ2v) is 5.03. The molecule has 0 aliphatic carbocycles. The van der Waals surface area contributed by atoms with E-state index in [4.69, 9.17) is 14.9 Å². The number of aromatic hydroxyl groups is 1. The molecule has 3 rings (SSSR count). The average molecular weight is 357 g/mol. The van der Waals surface area contributed by atoms with Gasteiger partial charge in [-0.3, -0.25) is 0 Å². The molecule has 2 aromatic carbocycles. The van der Waals surface area contributed by atoms with Crippen molar-refractivity contribution in [2.75, 3.05) is 0 Å². The van der Waals surface area contributed by atoms with Crippen LogP contribution in [0.25, 0.3) is 11.1 Å². The van der Waals surface area contributed by atoms with Crippen LogP contribution in [-0.2, 0) is 6.42 Å². The normalized spacial score (nSPS) is 9.04. The van der Waals surface area contributed by atoms with Crippen molar-refractivity contribution in [2.24, 2.45) is 0 Å². The Labute approximate surface area is 157 Å². The molecule has 1 heterocycles. The number of rotatable bonds is 2. The van der Waals surface area contributed by atoms with Gasteiger partial charge in [-0.25, -0.2) is 4.98 Å². The minimum atomic E-state index is 0.176. The molecule has 0 spiro atoms. The zero-order valence-corrected chi connectivity index (χ0v) is 17.1. The standard InChI is InChI=1S/C10H11NO.C8H9NO.2C2H6/c1-3-8-4-5-9-10(6-8)12-7(2)11-9;1-6(9)7-4-2-3-5-8(7)10;2*1-2/h4-6H,3H2,1-2H3;2-5,9-10H,1H3;2*1-2H3. The number of aryl methyl sites for hydroxylation is 2. The van der Waals surface area contributed by atoms with Crippen molar-refractivity contribution in [1.82, 2.24) is 4.98 Å². The number of para-hydroxylation sites is 1. The highest BCUT2D eigenvalue weighted by molar-refractivity contribution is 5.98. The van der Waals surface area contributed by atoms with Gasteiger partial charge in [-0.1, -0.05) is 52.8 Å². The Morgan fingerprint density at radius 3 is 2.19 bits per heavy atom. The van der Waals surface area contributed by atoms with E-state index >= 15 is 0 Å². The molecule has 0 saturated carbocycles. The second-order valence-electron chi connectivity index (χ2n) is 5.03. The summed E-state index contributed by atoms with van der Waals surface area (Å²) in [6, 6.07) is 13.0. The smallest absolute Gasteiger partial charge is 0.192 e. The Morgan fingerprint density at radius 1 is 1.08 bits per heavy atom. The van der Waals surface area contributed by atoms with Crippen molar-refractivity contribution in [2.45, 2.75) is 54.9 Å². The van der Waals surface area contributed by atoms with Crippen LogP contribution in [0.5, 0.6) is 5.75 Å². The van der Waals surface area contributed by atoms with Crippen LogP contribution in [0.2, 0.25) is 0 Å². The summed E-state index contributed by atoms with van der Waals surface area (Å²) in [4.78, 5) is 4.22. The molecule has 0 amide bonds. The maximum atomic E-state index is 9.14. The van der Waals surface area contributed by atoms with Crippen LogP contribution in [0, 0.1) is 12.3 Å². The minimum Gasteiger partial charge on any atom is -0.507 e. The Hall–Kier alpha value is -2.62. The highest BCUT2D eigenvalue weighted by Crippen LogP contribution is 2.17. The molecule has 2 N–H and O–H groups in total. The van der Waals surface area contributed by atoms with Gasteiger partial charge < -0.3 is 14.9 Å². The van der Waals surface area contributed by atoms with E-state index in [1.54, 1.807) is 31.2 Å². The molecule has 0 aliphatic heterocycles. The lowest BCUT2D eigenvalue weighted by atomic mass is 10.1. The van der Waals surface area contributed by atoms with Crippen molar-refractivity contribution in [3.05, 3.63) is 59.5 Å². The molecular weight excluding hydrogens is 324 g/mol. The molecule has 0 radical (unpaired) electrons. The van der Waals surface area contributed by atoms with Crippen LogP contribution < -0.4 is 0 Å². The zero-order valence-electron chi connectivity index (χ0n) is 17.1. The number of benzene rings is 2. The molecule has 4 nitrogen and oxygen atoms in total. The van der Waals surface area contributed by atoms with E-state index in [1.807, 2.05) is 40.7 Å². The lowest BCUT2D eigenvalue weighted by molar-refractivity contribution is 0.474. The number of nitrogens with one attached hydrogen (secondary N) is 1. The Kier molecular flexibility index (Phi) is 11.4. The third kappa shape index (κ3) is 7.09. The van der Waals surface area contributed by atoms with Gasteiger partial charge in [0.1, 0.15) is 11.3 Å². The summed E-state index contributed by atoms with van der Waals surface area (Å²) < 4.78 is 5.40. The van der Waals surface area contributed by atoms with Gasteiger partial charge in [-0.2, -0.15) is 0 Å². The van der Waals surface area contributed by atoms with Crippen LogP contribution in [0.15, 0.2) is 46.9 Å². The maximum Gasteiger partial charge on any atom is 0.192 e. The lowest BCUT2D eigenvalue weighted by Crippen LogP contribution is -1.90. The summed E-state index contributed by atoms with van der Waals surface area (Å²) in [5, 5.41) is 16.4. The van der Waals surface area contributed by atoms with Crippen molar-refractivity contribution in [3.63, 3.8) is 0 Å². The Morgan fingerprint density at radius 2 is 1.69 bits per heavy atom. The fraction of sp³-hybridized carbons (Fsp3) is 0.364. The highest BCUT2D eigenvalue weighted by Gasteiger charge is 2.01. The zero-order chi connectivity index (χ0) is 20.1. The number of hydrogen-bond donors (Lipinski definition) is 2. The minimum absolute atomic E-state index is 0.176. The molecule has 4 heteroatoms. The van der Waals surface area contributed by atoms with Gasteiger partial charge in [-0.15, -0.1) is 0 Å². The number of hydrogen-bond acceptors (Lipinski definition) is 4. The number of aromatic nitrogens is 1. The van der Waals surface area contributed by atoms with Crippen LogP contribution in [-0.4, -0.2) is 15.8 Å². The van der Waals surface area contributed by atoms with Crippen molar-refractivity contribution in [1.29, 1.82) is 5.41 Å². The Balaban J connectivity index is 0.000000409. The van der Waals surface area contributed by atoms with E-state index in [2.05, 4.69) is 24.0 Å². The van der Waals surface area contributed by atoms with Crippen LogP contribution in [0.1, 0.15) is 58.6 Å². The number of oxazole rings is 1. The second kappa shape index (κ2) is 12.7. The molecule has 0 fully saturated rings. The molecule has 0 aliphatic rings. The SMILES string of the molecule is CC.CC.CC(=N)c1ccccc1O.CCc1ccc2nc(C)oc2c1. The third-order valence-corrected chi connectivity index (χ3v) is 3.28. The topological polar surface area (TPSA) is 70.1 Å². The monoisotopic (exact) mass is 356 g/mol. The highest BCUT2D eigenvalue weighted by atomic mass is 16.3. The number of fused-ring (bicyclic) bond motifs is 1. The van der Waals surface area contributed by atoms with Gasteiger partial charge in [0, 0.05) is 18.2 Å². The van der Waals surface area contributed by atoms with Gasteiger partial charge >= 0.3 is 0 Å². The van der Waals surface area contributed by atoms with Crippen LogP contribution in [0.4, 0.5) is 0 Å². The van der Waals surface area contributed by atoms with Gasteiger partial charge in [-0.05, 0) is 43.2 Å². The first-order chi connectivity index (χ1) is 12.5. The first kappa shape index (κ1) is 23.4. The third-order valence-electron chi connectivity index (χ3n) is 3.28. The van der Waals surface area contributed by atoms with Crippen molar-refractivity contribution in [3.8, 4) is 5.75 Å². The van der Waals surface area contributed by atoms with Crippen molar-refractivity contribution >= 4 is 16.8 Å². The number of phenolic OH excluding ortho intramolecular Hbond substituents is 1. The average Bonchev–Trinajstić information content (AvgIpc) is 3.04. The quantitative estimate of drug-likeness (QED) is 0.513. The van der Waals surface area contributed by atoms with Gasteiger partial charge in [0.2, 0.25) is 0 Å². The molecular formula is C22H32N2O2. The molecule has 0 atom stereocenters. The predicted molar refractivity (Wildman–Crippen MR) is 111 cm³/mol. The van der Waals surface area contributed by atoms with E-state index in [-0.39, 0.29) is 5.75 Å². The fourth-order valence-corrected chi connectivity index (χ4v) is 2.09. The summed E-state index contributed by atoms with van der Waals surface area (Å²) >= 11 is 0. The Bertz CT molecular complexity index is 792. The molecule has 1 aromatic heterocycles. The van der Waals surface area contributed by atoms with Crippen LogP contribution in [0.3, 0.4) is 0 Å². The first-order valence-electron chi connectivity index (χ1n) is 9.21. The summed E-state index contributed by atoms with van der Waals surface area (Å²) in [6.07, 6.45) is 1.04. The lowest BCUT2D eigenvalue weighted by Gasteiger charge is -1.98. The molecule has 3 aromatic rings. The molecule has 26 heavy (non-hydrogen) atoms. The molecule has 0 saturated heterocycles.